The lowest BCUT2D eigenvalue weighted by molar-refractivity contribution is 0.0603. The second-order valence-electron chi connectivity index (χ2n) is 7.25. The number of hydrogen-bond acceptors (Lipinski definition) is 5. The van der Waals surface area contributed by atoms with Crippen LogP contribution in [0.3, 0.4) is 0 Å². The highest BCUT2D eigenvalue weighted by molar-refractivity contribution is 6.29. The molecule has 4 rings (SSSR count). The molecule has 158 valence electrons. The number of rotatable bonds is 5. The van der Waals surface area contributed by atoms with Gasteiger partial charge in [-0.15, -0.1) is 0 Å². The maximum atomic E-state index is 13.3. The van der Waals surface area contributed by atoms with Crippen molar-refractivity contribution in [2.75, 3.05) is 38.3 Å². The average Bonchev–Trinajstić information content (AvgIpc) is 3.09. The van der Waals surface area contributed by atoms with E-state index in [0.717, 1.165) is 35.4 Å². The molecule has 30 heavy (non-hydrogen) atoms. The van der Waals surface area contributed by atoms with E-state index in [1.165, 1.54) is 7.11 Å². The van der Waals surface area contributed by atoms with Gasteiger partial charge < -0.3 is 18.9 Å². The molecule has 0 atom stereocenters. The number of aromatic nitrogens is 2. The molecule has 0 aliphatic carbocycles. The van der Waals surface area contributed by atoms with E-state index in [1.807, 2.05) is 29.7 Å². The van der Waals surface area contributed by atoms with Crippen molar-refractivity contribution in [3.63, 3.8) is 0 Å². The molecule has 1 aliphatic heterocycles. The highest BCUT2D eigenvalue weighted by atomic mass is 35.5. The summed E-state index contributed by atoms with van der Waals surface area (Å²) in [5.41, 5.74) is 4.96. The number of alkyl halides is 1. The van der Waals surface area contributed by atoms with Gasteiger partial charge in [0, 0.05) is 18.8 Å². The summed E-state index contributed by atoms with van der Waals surface area (Å²) in [7, 11) is 1.35. The second-order valence-corrected chi connectivity index (χ2v) is 7.59. The standard InChI is InChI=1S/C22H23ClFN3O3/c1-14-15(12-24)4-3-5-16(14)13-27-19-11-17(26-6-8-30-9-7-26)10-18(21(28)29-2)20(19)25-22(27)23/h3-5,10-11H,6-9,12-13H2,1-2H3. The Morgan fingerprint density at radius 3 is 2.70 bits per heavy atom. The molecular weight excluding hydrogens is 409 g/mol. The molecule has 0 bridgehead atoms. The van der Waals surface area contributed by atoms with E-state index in [2.05, 4.69) is 9.88 Å². The van der Waals surface area contributed by atoms with Crippen molar-refractivity contribution >= 4 is 34.3 Å². The number of hydrogen-bond donors (Lipinski definition) is 0. The Kier molecular flexibility index (Phi) is 5.92. The number of carbonyl (C=O) groups is 1. The number of imidazole rings is 1. The SMILES string of the molecule is COC(=O)c1cc(N2CCOCC2)cc2c1nc(Cl)n2Cc1cccc(CF)c1C. The number of methoxy groups -OCH3 is 1. The fourth-order valence-electron chi connectivity index (χ4n) is 3.82. The number of esters is 1. The van der Waals surface area contributed by atoms with Crippen molar-refractivity contribution in [1.82, 2.24) is 9.55 Å². The van der Waals surface area contributed by atoms with E-state index in [4.69, 9.17) is 21.1 Å². The first-order chi connectivity index (χ1) is 14.5. The minimum Gasteiger partial charge on any atom is -0.465 e. The molecule has 8 heteroatoms. The first-order valence-electron chi connectivity index (χ1n) is 9.77. The van der Waals surface area contributed by atoms with Crippen LogP contribution in [0.4, 0.5) is 10.1 Å². The van der Waals surface area contributed by atoms with Gasteiger partial charge >= 0.3 is 5.97 Å². The zero-order valence-electron chi connectivity index (χ0n) is 17.0. The van der Waals surface area contributed by atoms with Gasteiger partial charge in [0.1, 0.15) is 12.2 Å². The summed E-state index contributed by atoms with van der Waals surface area (Å²) in [4.78, 5) is 19.1. The molecule has 0 spiro atoms. The topological polar surface area (TPSA) is 56.6 Å². The number of benzene rings is 2. The molecule has 0 amide bonds. The van der Waals surface area contributed by atoms with Crippen LogP contribution in [0.15, 0.2) is 30.3 Å². The van der Waals surface area contributed by atoms with Gasteiger partial charge in [0.25, 0.3) is 0 Å². The van der Waals surface area contributed by atoms with Gasteiger partial charge in [0.2, 0.25) is 5.28 Å². The summed E-state index contributed by atoms with van der Waals surface area (Å²) in [5, 5.41) is 0.263. The fraction of sp³-hybridized carbons (Fsp3) is 0.364. The summed E-state index contributed by atoms with van der Waals surface area (Å²) in [5.74, 6) is -0.466. The maximum absolute atomic E-state index is 13.3. The maximum Gasteiger partial charge on any atom is 0.340 e. The van der Waals surface area contributed by atoms with Crippen LogP contribution in [0.5, 0.6) is 0 Å². The molecular formula is C22H23ClFN3O3. The Bertz CT molecular complexity index is 1090. The first kappa shape index (κ1) is 20.6. The minimum absolute atomic E-state index is 0.263. The Morgan fingerprint density at radius 2 is 2.00 bits per heavy atom. The summed E-state index contributed by atoms with van der Waals surface area (Å²) in [6.07, 6.45) is 0. The molecule has 0 unspecified atom stereocenters. The van der Waals surface area contributed by atoms with Crippen LogP contribution in [0.25, 0.3) is 11.0 Å². The second kappa shape index (κ2) is 8.62. The fourth-order valence-corrected chi connectivity index (χ4v) is 4.06. The Labute approximate surface area is 179 Å². The van der Waals surface area contributed by atoms with Crippen LogP contribution >= 0.6 is 11.6 Å². The molecule has 3 aromatic rings. The molecule has 0 N–H and O–H groups in total. The highest BCUT2D eigenvalue weighted by Crippen LogP contribution is 2.31. The molecule has 2 aromatic carbocycles. The number of fused-ring (bicyclic) bond motifs is 1. The van der Waals surface area contributed by atoms with Gasteiger partial charge in [-0.1, -0.05) is 18.2 Å². The average molecular weight is 432 g/mol. The van der Waals surface area contributed by atoms with Gasteiger partial charge in [0.15, 0.2) is 0 Å². The lowest BCUT2D eigenvalue weighted by Crippen LogP contribution is -2.36. The van der Waals surface area contributed by atoms with E-state index in [9.17, 15) is 9.18 Å². The van der Waals surface area contributed by atoms with Crippen LogP contribution < -0.4 is 4.90 Å². The van der Waals surface area contributed by atoms with Crippen LogP contribution in [-0.2, 0) is 22.7 Å². The van der Waals surface area contributed by atoms with Gasteiger partial charge in [-0.2, -0.15) is 0 Å². The van der Waals surface area contributed by atoms with Gasteiger partial charge in [-0.3, -0.25) is 0 Å². The van der Waals surface area contributed by atoms with Crippen LogP contribution in [0, 0.1) is 6.92 Å². The molecule has 1 saturated heterocycles. The van der Waals surface area contributed by atoms with E-state index >= 15 is 0 Å². The third-order valence-corrected chi connectivity index (χ3v) is 5.89. The molecule has 1 fully saturated rings. The largest absolute Gasteiger partial charge is 0.465 e. The van der Waals surface area contributed by atoms with Crippen LogP contribution in [-0.4, -0.2) is 48.9 Å². The molecule has 1 aliphatic rings. The van der Waals surface area contributed by atoms with Crippen molar-refractivity contribution in [2.45, 2.75) is 20.1 Å². The minimum atomic E-state index is -0.522. The summed E-state index contributed by atoms with van der Waals surface area (Å²) in [6, 6.07) is 9.34. The van der Waals surface area contributed by atoms with Gasteiger partial charge in [-0.05, 0) is 47.3 Å². The first-order valence-corrected chi connectivity index (χ1v) is 10.2. The zero-order valence-corrected chi connectivity index (χ0v) is 17.7. The van der Waals surface area contributed by atoms with Crippen molar-refractivity contribution in [2.24, 2.45) is 0 Å². The van der Waals surface area contributed by atoms with Gasteiger partial charge in [0.05, 0.1) is 37.9 Å². The Balaban J connectivity index is 1.85. The predicted octanol–water partition coefficient (Wildman–Crippen LogP) is 4.14. The number of carbonyl (C=O) groups excluding carboxylic acids is 1. The van der Waals surface area contributed by atoms with Crippen molar-refractivity contribution < 1.29 is 18.7 Å². The molecule has 0 radical (unpaired) electrons. The molecule has 2 heterocycles. The lowest BCUT2D eigenvalue weighted by Gasteiger charge is -2.29. The lowest BCUT2D eigenvalue weighted by atomic mass is 10.0. The summed E-state index contributed by atoms with van der Waals surface area (Å²) in [6.45, 7) is 4.50. The third kappa shape index (κ3) is 3.75. The number of morpholine rings is 1. The van der Waals surface area contributed by atoms with Crippen molar-refractivity contribution in [3.8, 4) is 0 Å². The number of halogens is 2. The quantitative estimate of drug-likeness (QED) is 0.568. The Morgan fingerprint density at radius 1 is 1.27 bits per heavy atom. The van der Waals surface area contributed by atoms with E-state index in [0.29, 0.717) is 36.4 Å². The van der Waals surface area contributed by atoms with E-state index in [1.54, 1.807) is 12.1 Å². The zero-order chi connectivity index (χ0) is 21.3. The van der Waals surface area contributed by atoms with Crippen molar-refractivity contribution in [1.29, 1.82) is 0 Å². The molecule has 6 nitrogen and oxygen atoms in total. The van der Waals surface area contributed by atoms with Crippen LogP contribution in [0.1, 0.15) is 27.0 Å². The third-order valence-electron chi connectivity index (χ3n) is 5.60. The number of anilines is 1. The van der Waals surface area contributed by atoms with E-state index in [-0.39, 0.29) is 5.28 Å². The smallest absolute Gasteiger partial charge is 0.340 e. The predicted molar refractivity (Wildman–Crippen MR) is 114 cm³/mol. The van der Waals surface area contributed by atoms with Gasteiger partial charge in [-0.25, -0.2) is 14.2 Å². The van der Waals surface area contributed by atoms with E-state index < -0.39 is 12.6 Å². The summed E-state index contributed by atoms with van der Waals surface area (Å²) < 4.78 is 25.6. The van der Waals surface area contributed by atoms with Crippen LogP contribution in [0.2, 0.25) is 5.28 Å². The molecule has 0 saturated carbocycles. The summed E-state index contributed by atoms with van der Waals surface area (Å²) >= 11 is 6.49. The highest BCUT2D eigenvalue weighted by Gasteiger charge is 2.22. The molecule has 1 aromatic heterocycles. The Hall–Kier alpha value is -2.64. The number of ether oxygens (including phenoxy) is 2. The number of nitrogens with zero attached hydrogens (tertiary/aromatic N) is 3. The monoisotopic (exact) mass is 431 g/mol. The van der Waals surface area contributed by atoms with Crippen molar-refractivity contribution in [3.05, 3.63) is 57.9 Å². The normalized spacial score (nSPS) is 14.3.